The van der Waals surface area contributed by atoms with Gasteiger partial charge in [0.2, 0.25) is 0 Å². The maximum absolute atomic E-state index is 5.68. The number of hydrogen-bond donors (Lipinski definition) is 1. The van der Waals surface area contributed by atoms with Gasteiger partial charge in [-0.05, 0) is 36.3 Å². The van der Waals surface area contributed by atoms with Gasteiger partial charge in [0.25, 0.3) is 0 Å². The molecule has 1 fully saturated rings. The highest BCUT2D eigenvalue weighted by Gasteiger charge is 2.16. The van der Waals surface area contributed by atoms with Crippen LogP contribution in [-0.4, -0.2) is 75.1 Å². The first-order chi connectivity index (χ1) is 13.2. The van der Waals surface area contributed by atoms with Gasteiger partial charge in [-0.15, -0.1) is 0 Å². The number of methoxy groups -OCH3 is 2. The standard InChI is InChI=1S/C20H33N3O3S/c1-4-5-8-21-20(27)23(10-9-22-11-13-26-14-12-22)16-17-6-7-18(24-2)19(15-17)25-3/h6-7,15H,4-5,8-14,16H2,1-3H3,(H,21,27). The first-order valence-corrected chi connectivity index (χ1v) is 10.1. The van der Waals surface area contributed by atoms with E-state index >= 15 is 0 Å². The van der Waals surface area contributed by atoms with Gasteiger partial charge in [0.15, 0.2) is 16.6 Å². The number of rotatable bonds is 10. The van der Waals surface area contributed by atoms with Crippen molar-refractivity contribution >= 4 is 17.3 Å². The fourth-order valence-corrected chi connectivity index (χ4v) is 3.28. The largest absolute Gasteiger partial charge is 0.493 e. The van der Waals surface area contributed by atoms with Crippen molar-refractivity contribution in [1.82, 2.24) is 15.1 Å². The monoisotopic (exact) mass is 395 g/mol. The molecule has 0 saturated carbocycles. The summed E-state index contributed by atoms with van der Waals surface area (Å²) in [6.45, 7) is 9.30. The van der Waals surface area contributed by atoms with E-state index in [1.165, 1.54) is 0 Å². The third-order valence-electron chi connectivity index (χ3n) is 4.71. The van der Waals surface area contributed by atoms with E-state index in [0.29, 0.717) is 0 Å². The lowest BCUT2D eigenvalue weighted by Crippen LogP contribution is -2.45. The van der Waals surface area contributed by atoms with E-state index in [0.717, 1.165) is 87.5 Å². The molecule has 152 valence electrons. The van der Waals surface area contributed by atoms with E-state index in [4.69, 9.17) is 26.4 Å². The summed E-state index contributed by atoms with van der Waals surface area (Å²) >= 11 is 5.68. The Morgan fingerprint density at radius 2 is 1.96 bits per heavy atom. The highest BCUT2D eigenvalue weighted by atomic mass is 32.1. The van der Waals surface area contributed by atoms with Crippen LogP contribution in [0.15, 0.2) is 18.2 Å². The lowest BCUT2D eigenvalue weighted by Gasteiger charge is -2.31. The number of thiocarbonyl (C=S) groups is 1. The van der Waals surface area contributed by atoms with Gasteiger partial charge in [-0.3, -0.25) is 4.90 Å². The predicted molar refractivity (Wildman–Crippen MR) is 113 cm³/mol. The number of morpholine rings is 1. The first kappa shape index (κ1) is 21.7. The normalized spacial score (nSPS) is 14.6. The Balaban J connectivity index is 2.02. The summed E-state index contributed by atoms with van der Waals surface area (Å²) in [5.74, 6) is 1.48. The fraction of sp³-hybridized carbons (Fsp3) is 0.650. The molecule has 1 aliphatic heterocycles. The van der Waals surface area contributed by atoms with Crippen LogP contribution in [-0.2, 0) is 11.3 Å². The number of ether oxygens (including phenoxy) is 3. The van der Waals surface area contributed by atoms with Crippen LogP contribution in [0.5, 0.6) is 11.5 Å². The molecule has 0 radical (unpaired) electrons. The third kappa shape index (κ3) is 7.16. The van der Waals surface area contributed by atoms with Crippen molar-refractivity contribution in [3.05, 3.63) is 23.8 Å². The maximum Gasteiger partial charge on any atom is 0.169 e. The molecule has 0 atom stereocenters. The minimum Gasteiger partial charge on any atom is -0.493 e. The molecular weight excluding hydrogens is 362 g/mol. The number of hydrogen-bond acceptors (Lipinski definition) is 5. The van der Waals surface area contributed by atoms with Gasteiger partial charge < -0.3 is 24.4 Å². The summed E-state index contributed by atoms with van der Waals surface area (Å²) in [5, 5.41) is 4.21. The van der Waals surface area contributed by atoms with Crippen LogP contribution in [0.3, 0.4) is 0 Å². The molecule has 1 saturated heterocycles. The molecule has 1 N–H and O–H groups in total. The summed E-state index contributed by atoms with van der Waals surface area (Å²) in [6.07, 6.45) is 2.27. The van der Waals surface area contributed by atoms with Gasteiger partial charge in [-0.1, -0.05) is 19.4 Å². The van der Waals surface area contributed by atoms with Crippen LogP contribution in [0.1, 0.15) is 25.3 Å². The number of nitrogens with zero attached hydrogens (tertiary/aromatic N) is 2. The summed E-state index contributed by atoms with van der Waals surface area (Å²) in [5.41, 5.74) is 1.15. The number of nitrogens with one attached hydrogen (secondary N) is 1. The Labute approximate surface area is 168 Å². The zero-order valence-corrected chi connectivity index (χ0v) is 17.6. The summed E-state index contributed by atoms with van der Waals surface area (Å²) in [7, 11) is 3.31. The van der Waals surface area contributed by atoms with Crippen molar-refractivity contribution in [2.45, 2.75) is 26.3 Å². The second kappa shape index (κ2) is 12.0. The van der Waals surface area contributed by atoms with Gasteiger partial charge in [0.05, 0.1) is 27.4 Å². The quantitative estimate of drug-likeness (QED) is 0.482. The average Bonchev–Trinajstić information content (AvgIpc) is 2.71. The molecule has 0 aliphatic carbocycles. The van der Waals surface area contributed by atoms with Crippen molar-refractivity contribution in [3.8, 4) is 11.5 Å². The van der Waals surface area contributed by atoms with E-state index in [-0.39, 0.29) is 0 Å². The van der Waals surface area contributed by atoms with E-state index in [2.05, 4.69) is 28.1 Å². The Morgan fingerprint density at radius 1 is 1.22 bits per heavy atom. The molecule has 0 bridgehead atoms. The minimum atomic E-state index is 0.739. The van der Waals surface area contributed by atoms with Crippen LogP contribution in [0.25, 0.3) is 0 Å². The van der Waals surface area contributed by atoms with E-state index < -0.39 is 0 Å². The van der Waals surface area contributed by atoms with Crippen LogP contribution in [0.4, 0.5) is 0 Å². The van der Waals surface area contributed by atoms with Gasteiger partial charge in [-0.25, -0.2) is 0 Å². The molecule has 0 aromatic heterocycles. The Morgan fingerprint density at radius 3 is 2.63 bits per heavy atom. The Kier molecular flexibility index (Phi) is 9.66. The maximum atomic E-state index is 5.68. The lowest BCUT2D eigenvalue weighted by molar-refractivity contribution is 0.0357. The van der Waals surface area contributed by atoms with E-state index in [1.807, 2.05) is 12.1 Å². The SMILES string of the molecule is CCCCNC(=S)N(CCN1CCOCC1)Cc1ccc(OC)c(OC)c1. The lowest BCUT2D eigenvalue weighted by atomic mass is 10.2. The molecule has 6 nitrogen and oxygen atoms in total. The molecule has 1 heterocycles. The molecular formula is C20H33N3O3S. The predicted octanol–water partition coefficient (Wildman–Crippen LogP) is 2.51. The molecule has 0 amide bonds. The third-order valence-corrected chi connectivity index (χ3v) is 5.11. The molecule has 27 heavy (non-hydrogen) atoms. The summed E-state index contributed by atoms with van der Waals surface area (Å²) in [4.78, 5) is 4.67. The number of benzene rings is 1. The van der Waals surface area contributed by atoms with Crippen molar-refractivity contribution in [1.29, 1.82) is 0 Å². The van der Waals surface area contributed by atoms with Gasteiger partial charge >= 0.3 is 0 Å². The molecule has 1 aromatic carbocycles. The molecule has 0 unspecified atom stereocenters. The fourth-order valence-electron chi connectivity index (χ4n) is 3.02. The minimum absolute atomic E-state index is 0.739. The Bertz CT molecular complexity index is 580. The molecule has 0 spiro atoms. The van der Waals surface area contributed by atoms with Crippen molar-refractivity contribution in [2.75, 3.05) is 60.2 Å². The van der Waals surface area contributed by atoms with Crippen molar-refractivity contribution in [3.63, 3.8) is 0 Å². The highest BCUT2D eigenvalue weighted by Crippen LogP contribution is 2.28. The molecule has 1 aliphatic rings. The Hall–Kier alpha value is -1.57. The van der Waals surface area contributed by atoms with Crippen molar-refractivity contribution in [2.24, 2.45) is 0 Å². The zero-order chi connectivity index (χ0) is 19.5. The van der Waals surface area contributed by atoms with Gasteiger partial charge in [0, 0.05) is 39.3 Å². The summed E-state index contributed by atoms with van der Waals surface area (Å²) in [6, 6.07) is 6.04. The zero-order valence-electron chi connectivity index (χ0n) is 16.8. The molecule has 1 aromatic rings. The first-order valence-electron chi connectivity index (χ1n) is 9.71. The smallest absolute Gasteiger partial charge is 0.169 e. The van der Waals surface area contributed by atoms with E-state index in [1.54, 1.807) is 14.2 Å². The van der Waals surface area contributed by atoms with Crippen LogP contribution in [0.2, 0.25) is 0 Å². The second-order valence-electron chi connectivity index (χ2n) is 6.65. The van der Waals surface area contributed by atoms with Gasteiger partial charge in [0.1, 0.15) is 0 Å². The van der Waals surface area contributed by atoms with Crippen LogP contribution in [0, 0.1) is 0 Å². The second-order valence-corrected chi connectivity index (χ2v) is 7.04. The van der Waals surface area contributed by atoms with Crippen LogP contribution >= 0.6 is 12.2 Å². The summed E-state index contributed by atoms with van der Waals surface area (Å²) < 4.78 is 16.2. The van der Waals surface area contributed by atoms with Crippen LogP contribution < -0.4 is 14.8 Å². The highest BCUT2D eigenvalue weighted by molar-refractivity contribution is 7.80. The average molecular weight is 396 g/mol. The molecule has 7 heteroatoms. The number of unbranched alkanes of at least 4 members (excludes halogenated alkanes) is 1. The van der Waals surface area contributed by atoms with E-state index in [9.17, 15) is 0 Å². The topological polar surface area (TPSA) is 46.2 Å². The van der Waals surface area contributed by atoms with Crippen molar-refractivity contribution < 1.29 is 14.2 Å². The molecule has 2 rings (SSSR count). The van der Waals surface area contributed by atoms with Gasteiger partial charge in [-0.2, -0.15) is 0 Å².